The van der Waals surface area contributed by atoms with Gasteiger partial charge in [-0.25, -0.2) is 13.1 Å². The maximum atomic E-state index is 11.8. The lowest BCUT2D eigenvalue weighted by atomic mass is 10.2. The van der Waals surface area contributed by atoms with Crippen molar-refractivity contribution >= 4 is 10.0 Å². The highest BCUT2D eigenvalue weighted by atomic mass is 32.2. The Bertz CT molecular complexity index is 495. The highest BCUT2D eigenvalue weighted by Crippen LogP contribution is 2.36. The Labute approximate surface area is 108 Å². The minimum absolute atomic E-state index is 0.000189. The van der Waals surface area contributed by atoms with Crippen LogP contribution in [0.1, 0.15) is 24.5 Å². The molecule has 0 radical (unpaired) electrons. The quantitative estimate of drug-likeness (QED) is 0.817. The summed E-state index contributed by atoms with van der Waals surface area (Å²) in [7, 11) is -3.25. The van der Waals surface area contributed by atoms with Gasteiger partial charge in [0.05, 0.1) is 12.4 Å². The predicted molar refractivity (Wildman–Crippen MR) is 70.3 cm³/mol. The van der Waals surface area contributed by atoms with Crippen LogP contribution in [0.5, 0.6) is 0 Å². The van der Waals surface area contributed by atoms with E-state index in [0.717, 1.165) is 17.5 Å². The van der Waals surface area contributed by atoms with Crippen molar-refractivity contribution in [1.29, 1.82) is 0 Å². The van der Waals surface area contributed by atoms with Crippen LogP contribution in [-0.2, 0) is 22.4 Å². The Morgan fingerprint density at radius 3 is 2.33 bits per heavy atom. The van der Waals surface area contributed by atoms with Crippen LogP contribution in [0.4, 0.5) is 0 Å². The molecule has 4 nitrogen and oxygen atoms in total. The number of aliphatic hydroxyl groups excluding tert-OH is 1. The van der Waals surface area contributed by atoms with Crippen molar-refractivity contribution in [3.05, 3.63) is 35.4 Å². The van der Waals surface area contributed by atoms with Gasteiger partial charge in [-0.3, -0.25) is 0 Å². The molecule has 0 heterocycles. The van der Waals surface area contributed by atoms with E-state index in [0.29, 0.717) is 18.4 Å². The van der Waals surface area contributed by atoms with E-state index in [2.05, 4.69) is 11.6 Å². The number of hydrogen-bond acceptors (Lipinski definition) is 3. The topological polar surface area (TPSA) is 66.4 Å². The lowest BCUT2D eigenvalue weighted by Crippen LogP contribution is -2.27. The number of benzene rings is 1. The minimum atomic E-state index is -3.25. The first kappa shape index (κ1) is 13.5. The van der Waals surface area contributed by atoms with E-state index in [9.17, 15) is 8.42 Å². The monoisotopic (exact) mass is 269 g/mol. The third-order valence-corrected chi connectivity index (χ3v) is 4.72. The van der Waals surface area contributed by atoms with Crippen molar-refractivity contribution in [3.63, 3.8) is 0 Å². The van der Waals surface area contributed by atoms with Crippen molar-refractivity contribution in [1.82, 2.24) is 4.72 Å². The van der Waals surface area contributed by atoms with E-state index < -0.39 is 10.0 Å². The molecule has 100 valence electrons. The minimum Gasteiger partial charge on any atom is -0.392 e. The summed E-state index contributed by atoms with van der Waals surface area (Å²) in [5, 5.41) is 8.91. The number of aliphatic hydroxyl groups is 1. The van der Waals surface area contributed by atoms with Gasteiger partial charge in [0.25, 0.3) is 0 Å². The van der Waals surface area contributed by atoms with Crippen molar-refractivity contribution in [2.75, 3.05) is 6.54 Å². The van der Waals surface area contributed by atoms with Gasteiger partial charge in [-0.15, -0.1) is 0 Å². The Morgan fingerprint density at radius 2 is 1.83 bits per heavy atom. The largest absolute Gasteiger partial charge is 0.392 e. The third-order valence-electron chi connectivity index (χ3n) is 3.40. The van der Waals surface area contributed by atoms with E-state index in [1.807, 2.05) is 0 Å². The van der Waals surface area contributed by atoms with E-state index in [1.165, 1.54) is 0 Å². The predicted octanol–water partition coefficient (Wildman–Crippen LogP) is 1.25. The number of hydrogen-bond donors (Lipinski definition) is 2. The van der Waals surface area contributed by atoms with Crippen molar-refractivity contribution in [2.45, 2.75) is 25.7 Å². The van der Waals surface area contributed by atoms with Crippen LogP contribution in [-0.4, -0.2) is 20.1 Å². The van der Waals surface area contributed by atoms with Crippen LogP contribution in [0.15, 0.2) is 24.3 Å². The van der Waals surface area contributed by atoms with Gasteiger partial charge in [-0.1, -0.05) is 31.2 Å². The fourth-order valence-electron chi connectivity index (χ4n) is 1.93. The molecule has 1 aliphatic carbocycles. The number of nitrogens with one attached hydrogen (secondary N) is 1. The second-order valence-corrected chi connectivity index (χ2v) is 6.86. The second-order valence-electron chi connectivity index (χ2n) is 5.06. The van der Waals surface area contributed by atoms with Crippen molar-refractivity contribution < 1.29 is 13.5 Å². The maximum absolute atomic E-state index is 11.8. The van der Waals surface area contributed by atoms with Gasteiger partial charge in [0, 0.05) is 6.54 Å². The van der Waals surface area contributed by atoms with Crippen LogP contribution in [0.25, 0.3) is 0 Å². The lowest BCUT2D eigenvalue weighted by molar-refractivity contribution is 0.282. The van der Waals surface area contributed by atoms with Crippen LogP contribution in [0.3, 0.4) is 0 Å². The molecule has 1 saturated carbocycles. The zero-order valence-electron chi connectivity index (χ0n) is 10.5. The molecule has 2 atom stereocenters. The summed E-state index contributed by atoms with van der Waals surface area (Å²) in [6.07, 6.45) is 1.12. The molecule has 1 aliphatic rings. The standard InChI is InChI=1S/C13H19NO3S/c1-10-6-13(10)7-14-18(16,17)9-12-4-2-11(8-15)3-5-12/h2-5,10,13-15H,6-9H2,1H3. The Balaban J connectivity index is 1.89. The summed E-state index contributed by atoms with van der Waals surface area (Å²) in [4.78, 5) is 0. The molecule has 0 spiro atoms. The summed E-state index contributed by atoms with van der Waals surface area (Å²) < 4.78 is 26.3. The second kappa shape index (κ2) is 5.38. The summed E-state index contributed by atoms with van der Waals surface area (Å²) >= 11 is 0. The highest BCUT2D eigenvalue weighted by molar-refractivity contribution is 7.88. The zero-order chi connectivity index (χ0) is 13.2. The molecule has 0 amide bonds. The summed E-state index contributed by atoms with van der Waals surface area (Å²) in [6, 6.07) is 6.97. The molecule has 2 unspecified atom stereocenters. The van der Waals surface area contributed by atoms with Gasteiger partial charge in [0.2, 0.25) is 10.0 Å². The Hall–Kier alpha value is -0.910. The first-order chi connectivity index (χ1) is 8.50. The molecule has 1 fully saturated rings. The first-order valence-electron chi connectivity index (χ1n) is 6.16. The highest BCUT2D eigenvalue weighted by Gasteiger charge is 2.33. The van der Waals surface area contributed by atoms with Crippen molar-refractivity contribution in [2.24, 2.45) is 11.8 Å². The molecule has 1 aromatic carbocycles. The Morgan fingerprint density at radius 1 is 1.28 bits per heavy atom. The van der Waals surface area contributed by atoms with Gasteiger partial charge in [0.15, 0.2) is 0 Å². The summed E-state index contributed by atoms with van der Waals surface area (Å²) in [5.74, 6) is 1.16. The van der Waals surface area contributed by atoms with Gasteiger partial charge in [0.1, 0.15) is 0 Å². The van der Waals surface area contributed by atoms with E-state index >= 15 is 0 Å². The molecule has 0 bridgehead atoms. The molecule has 18 heavy (non-hydrogen) atoms. The fourth-order valence-corrected chi connectivity index (χ4v) is 3.13. The fraction of sp³-hybridized carbons (Fsp3) is 0.538. The molecular weight excluding hydrogens is 250 g/mol. The van der Waals surface area contributed by atoms with Crippen LogP contribution in [0, 0.1) is 11.8 Å². The van der Waals surface area contributed by atoms with E-state index in [1.54, 1.807) is 24.3 Å². The van der Waals surface area contributed by atoms with Crippen LogP contribution in [0.2, 0.25) is 0 Å². The van der Waals surface area contributed by atoms with Gasteiger partial charge in [-0.05, 0) is 29.4 Å². The zero-order valence-corrected chi connectivity index (χ0v) is 11.3. The summed E-state index contributed by atoms with van der Waals surface area (Å²) in [6.45, 7) is 2.66. The summed E-state index contributed by atoms with van der Waals surface area (Å²) in [5.41, 5.74) is 1.53. The Kier molecular flexibility index (Phi) is 4.04. The molecule has 2 rings (SSSR count). The van der Waals surface area contributed by atoms with Gasteiger partial charge < -0.3 is 5.11 Å². The molecule has 5 heteroatoms. The SMILES string of the molecule is CC1CC1CNS(=O)(=O)Cc1ccc(CO)cc1. The molecule has 0 aliphatic heterocycles. The molecule has 0 saturated heterocycles. The average molecular weight is 269 g/mol. The number of rotatable bonds is 6. The normalized spacial score (nSPS) is 23.0. The van der Waals surface area contributed by atoms with E-state index in [-0.39, 0.29) is 12.4 Å². The smallest absolute Gasteiger partial charge is 0.215 e. The van der Waals surface area contributed by atoms with Crippen LogP contribution >= 0.6 is 0 Å². The molecular formula is C13H19NO3S. The van der Waals surface area contributed by atoms with Gasteiger partial charge in [-0.2, -0.15) is 0 Å². The molecule has 1 aromatic rings. The first-order valence-corrected chi connectivity index (χ1v) is 7.81. The van der Waals surface area contributed by atoms with Crippen molar-refractivity contribution in [3.8, 4) is 0 Å². The molecule has 2 N–H and O–H groups in total. The number of sulfonamides is 1. The third kappa shape index (κ3) is 3.80. The molecule has 0 aromatic heterocycles. The lowest BCUT2D eigenvalue weighted by Gasteiger charge is -2.06. The average Bonchev–Trinajstić information content (AvgIpc) is 3.04. The van der Waals surface area contributed by atoms with E-state index in [4.69, 9.17) is 5.11 Å². The van der Waals surface area contributed by atoms with Gasteiger partial charge >= 0.3 is 0 Å². The van der Waals surface area contributed by atoms with Crippen LogP contribution < -0.4 is 4.72 Å². The maximum Gasteiger partial charge on any atom is 0.215 e.